The number of rotatable bonds is 9. The van der Waals surface area contributed by atoms with Gasteiger partial charge in [-0.3, -0.25) is 0 Å². The van der Waals surface area contributed by atoms with E-state index in [-0.39, 0.29) is 0 Å². The van der Waals surface area contributed by atoms with Gasteiger partial charge in [-0.25, -0.2) is 0 Å². The van der Waals surface area contributed by atoms with Gasteiger partial charge in [-0.1, -0.05) is 67.8 Å². The van der Waals surface area contributed by atoms with Crippen molar-refractivity contribution in [1.82, 2.24) is 5.32 Å². The Bertz CT molecular complexity index is 548. The summed E-state index contributed by atoms with van der Waals surface area (Å²) in [4.78, 5) is 0. The fraction of sp³-hybridized carbons (Fsp3) is 0.400. The third-order valence-electron chi connectivity index (χ3n) is 3.74. The van der Waals surface area contributed by atoms with Crippen LogP contribution in [-0.4, -0.2) is 6.61 Å². The van der Waals surface area contributed by atoms with E-state index in [1.807, 2.05) is 6.07 Å². The maximum Gasteiger partial charge on any atom is 0.123 e. The van der Waals surface area contributed by atoms with Gasteiger partial charge in [-0.05, 0) is 25.0 Å². The molecule has 0 aliphatic carbocycles. The average molecular weight is 297 g/mol. The molecule has 2 aromatic carbocycles. The molecule has 118 valence electrons. The monoisotopic (exact) mass is 297 g/mol. The summed E-state index contributed by atoms with van der Waals surface area (Å²) in [5.74, 6) is 1.01. The fourth-order valence-corrected chi connectivity index (χ4v) is 2.37. The van der Waals surface area contributed by atoms with Crippen molar-refractivity contribution in [3.63, 3.8) is 0 Å². The average Bonchev–Trinajstić information content (AvgIpc) is 2.55. The normalized spacial score (nSPS) is 10.6. The van der Waals surface area contributed by atoms with Crippen molar-refractivity contribution < 1.29 is 4.74 Å². The van der Waals surface area contributed by atoms with Gasteiger partial charge in [0.1, 0.15) is 5.75 Å². The van der Waals surface area contributed by atoms with Crippen LogP contribution in [0.25, 0.3) is 0 Å². The Kier molecular flexibility index (Phi) is 6.98. The van der Waals surface area contributed by atoms with Gasteiger partial charge in [0, 0.05) is 18.7 Å². The van der Waals surface area contributed by atoms with Gasteiger partial charge >= 0.3 is 0 Å². The molecule has 0 bridgehead atoms. The Hall–Kier alpha value is -1.80. The predicted molar refractivity (Wildman–Crippen MR) is 93.2 cm³/mol. The van der Waals surface area contributed by atoms with Crippen molar-refractivity contribution >= 4 is 0 Å². The molecule has 22 heavy (non-hydrogen) atoms. The molecule has 2 heteroatoms. The Morgan fingerprint density at radius 1 is 0.909 bits per heavy atom. The Balaban J connectivity index is 1.82. The molecule has 0 radical (unpaired) electrons. The summed E-state index contributed by atoms with van der Waals surface area (Å²) in [5.41, 5.74) is 3.84. The van der Waals surface area contributed by atoms with Gasteiger partial charge < -0.3 is 10.1 Å². The SMILES string of the molecule is CCCCCOc1ccccc1CNCc1ccc(C)cc1. The lowest BCUT2D eigenvalue weighted by atomic mass is 10.1. The van der Waals surface area contributed by atoms with E-state index in [0.29, 0.717) is 0 Å². The molecule has 0 amide bonds. The van der Waals surface area contributed by atoms with E-state index < -0.39 is 0 Å². The van der Waals surface area contributed by atoms with Crippen molar-refractivity contribution in [2.45, 2.75) is 46.2 Å². The Morgan fingerprint density at radius 3 is 2.45 bits per heavy atom. The summed E-state index contributed by atoms with van der Waals surface area (Å²) in [6, 6.07) is 17.0. The summed E-state index contributed by atoms with van der Waals surface area (Å²) in [6.45, 7) is 6.84. The van der Waals surface area contributed by atoms with Crippen LogP contribution in [0.15, 0.2) is 48.5 Å². The summed E-state index contributed by atoms with van der Waals surface area (Å²) >= 11 is 0. The number of hydrogen-bond donors (Lipinski definition) is 1. The molecule has 0 saturated heterocycles. The lowest BCUT2D eigenvalue weighted by Crippen LogP contribution is -2.13. The summed E-state index contributed by atoms with van der Waals surface area (Å²) in [6.07, 6.45) is 3.58. The van der Waals surface area contributed by atoms with Crippen LogP contribution in [0, 0.1) is 6.92 Å². The highest BCUT2D eigenvalue weighted by Gasteiger charge is 2.02. The minimum Gasteiger partial charge on any atom is -0.493 e. The first kappa shape index (κ1) is 16.6. The van der Waals surface area contributed by atoms with Crippen molar-refractivity contribution in [3.8, 4) is 5.75 Å². The first-order valence-corrected chi connectivity index (χ1v) is 8.26. The van der Waals surface area contributed by atoms with Crippen molar-refractivity contribution in [1.29, 1.82) is 0 Å². The topological polar surface area (TPSA) is 21.3 Å². The van der Waals surface area contributed by atoms with Gasteiger partial charge in [0.15, 0.2) is 0 Å². The standard InChI is InChI=1S/C20H27NO/c1-3-4-7-14-22-20-9-6-5-8-19(20)16-21-15-18-12-10-17(2)11-13-18/h5-6,8-13,21H,3-4,7,14-16H2,1-2H3. The first-order valence-electron chi connectivity index (χ1n) is 8.26. The predicted octanol–water partition coefficient (Wildman–Crippen LogP) is 4.85. The van der Waals surface area contributed by atoms with Crippen LogP contribution < -0.4 is 10.1 Å². The molecule has 2 nitrogen and oxygen atoms in total. The number of ether oxygens (including phenoxy) is 1. The van der Waals surface area contributed by atoms with E-state index in [4.69, 9.17) is 4.74 Å². The molecular weight excluding hydrogens is 270 g/mol. The van der Waals surface area contributed by atoms with E-state index in [2.05, 4.69) is 61.6 Å². The highest BCUT2D eigenvalue weighted by Crippen LogP contribution is 2.18. The van der Waals surface area contributed by atoms with Crippen LogP contribution in [-0.2, 0) is 13.1 Å². The van der Waals surface area contributed by atoms with Crippen molar-refractivity contribution in [2.75, 3.05) is 6.61 Å². The van der Waals surface area contributed by atoms with E-state index in [9.17, 15) is 0 Å². The molecule has 0 atom stereocenters. The lowest BCUT2D eigenvalue weighted by molar-refractivity contribution is 0.302. The Morgan fingerprint density at radius 2 is 1.68 bits per heavy atom. The molecule has 2 aromatic rings. The molecule has 2 rings (SSSR count). The third-order valence-corrected chi connectivity index (χ3v) is 3.74. The molecule has 0 heterocycles. The van der Waals surface area contributed by atoms with Crippen LogP contribution in [0.4, 0.5) is 0 Å². The minimum absolute atomic E-state index is 0.808. The molecule has 1 N–H and O–H groups in total. The van der Waals surface area contributed by atoms with Crippen molar-refractivity contribution in [3.05, 3.63) is 65.2 Å². The zero-order valence-corrected chi connectivity index (χ0v) is 13.8. The maximum absolute atomic E-state index is 5.92. The van der Waals surface area contributed by atoms with E-state index in [1.165, 1.54) is 29.5 Å². The van der Waals surface area contributed by atoms with Crippen LogP contribution >= 0.6 is 0 Å². The molecular formula is C20H27NO. The number of hydrogen-bond acceptors (Lipinski definition) is 2. The summed E-state index contributed by atoms with van der Waals surface area (Å²) < 4.78 is 5.92. The van der Waals surface area contributed by atoms with Gasteiger partial charge in [0.25, 0.3) is 0 Å². The third kappa shape index (κ3) is 5.53. The highest BCUT2D eigenvalue weighted by molar-refractivity contribution is 5.33. The smallest absolute Gasteiger partial charge is 0.123 e. The lowest BCUT2D eigenvalue weighted by Gasteiger charge is -2.12. The quantitative estimate of drug-likeness (QED) is 0.668. The van der Waals surface area contributed by atoms with E-state index >= 15 is 0 Å². The number of benzene rings is 2. The second kappa shape index (κ2) is 9.26. The second-order valence-electron chi connectivity index (χ2n) is 5.75. The van der Waals surface area contributed by atoms with Gasteiger partial charge in [-0.2, -0.15) is 0 Å². The van der Waals surface area contributed by atoms with Gasteiger partial charge in [-0.15, -0.1) is 0 Å². The van der Waals surface area contributed by atoms with Crippen LogP contribution in [0.5, 0.6) is 5.75 Å². The molecule has 0 aliphatic rings. The number of para-hydroxylation sites is 1. The summed E-state index contributed by atoms with van der Waals surface area (Å²) in [5, 5.41) is 3.50. The molecule has 0 aliphatic heterocycles. The zero-order valence-electron chi connectivity index (χ0n) is 13.8. The first-order chi connectivity index (χ1) is 10.8. The molecule has 0 fully saturated rings. The van der Waals surface area contributed by atoms with Crippen molar-refractivity contribution in [2.24, 2.45) is 0 Å². The van der Waals surface area contributed by atoms with E-state index in [0.717, 1.165) is 31.9 Å². The fourth-order valence-electron chi connectivity index (χ4n) is 2.37. The number of aryl methyl sites for hydroxylation is 1. The molecule has 0 aromatic heterocycles. The number of unbranched alkanes of at least 4 members (excludes halogenated alkanes) is 2. The van der Waals surface area contributed by atoms with Crippen LogP contribution in [0.1, 0.15) is 42.9 Å². The molecule has 0 unspecified atom stereocenters. The van der Waals surface area contributed by atoms with Gasteiger partial charge in [0.05, 0.1) is 6.61 Å². The Labute approximate surface area is 134 Å². The largest absolute Gasteiger partial charge is 0.493 e. The second-order valence-corrected chi connectivity index (χ2v) is 5.75. The maximum atomic E-state index is 5.92. The van der Waals surface area contributed by atoms with Crippen LogP contribution in [0.2, 0.25) is 0 Å². The molecule has 0 spiro atoms. The zero-order chi connectivity index (χ0) is 15.6. The number of nitrogens with one attached hydrogen (secondary N) is 1. The highest BCUT2D eigenvalue weighted by atomic mass is 16.5. The molecule has 0 saturated carbocycles. The summed E-state index contributed by atoms with van der Waals surface area (Å²) in [7, 11) is 0. The minimum atomic E-state index is 0.808. The van der Waals surface area contributed by atoms with Gasteiger partial charge in [0.2, 0.25) is 0 Å². The van der Waals surface area contributed by atoms with E-state index in [1.54, 1.807) is 0 Å². The van der Waals surface area contributed by atoms with Crippen LogP contribution in [0.3, 0.4) is 0 Å².